The monoisotopic (exact) mass is 355 g/mol. The maximum absolute atomic E-state index is 12.5. The van der Waals surface area contributed by atoms with Crippen LogP contribution in [0.15, 0.2) is 71.6 Å². The molecule has 3 aromatic rings. The van der Waals surface area contributed by atoms with Crippen molar-refractivity contribution in [1.82, 2.24) is 9.55 Å². The number of carbonyl (C=O) groups is 1. The van der Waals surface area contributed by atoms with Gasteiger partial charge in [0, 0.05) is 29.1 Å². The van der Waals surface area contributed by atoms with Crippen molar-refractivity contribution in [2.75, 3.05) is 11.9 Å². The number of halogens is 1. The third-order valence-corrected chi connectivity index (χ3v) is 3.90. The van der Waals surface area contributed by atoms with Gasteiger partial charge < -0.3 is 9.47 Å². The van der Waals surface area contributed by atoms with Crippen LogP contribution in [0.25, 0.3) is 5.69 Å². The van der Waals surface area contributed by atoms with Gasteiger partial charge in [-0.05, 0) is 36.4 Å². The number of nitrogens with zero attached hydrogens (tertiary/aromatic N) is 3. The highest BCUT2D eigenvalue weighted by molar-refractivity contribution is 9.10. The van der Waals surface area contributed by atoms with Gasteiger partial charge in [0.1, 0.15) is 12.0 Å². The zero-order valence-corrected chi connectivity index (χ0v) is 13.6. The van der Waals surface area contributed by atoms with Crippen molar-refractivity contribution in [1.29, 1.82) is 0 Å². The fourth-order valence-electron chi connectivity index (χ4n) is 2.13. The molecule has 1 heterocycles. The first-order chi connectivity index (χ1) is 10.6. The molecule has 0 radical (unpaired) electrons. The molecular weight excluding hydrogens is 342 g/mol. The number of amides is 1. The van der Waals surface area contributed by atoms with E-state index in [1.165, 1.54) is 0 Å². The first kappa shape index (κ1) is 14.5. The van der Waals surface area contributed by atoms with Crippen LogP contribution in [0.2, 0.25) is 0 Å². The number of aromatic nitrogens is 2. The van der Waals surface area contributed by atoms with Crippen LogP contribution in [0.1, 0.15) is 10.5 Å². The topological polar surface area (TPSA) is 38.1 Å². The number of hydrogen-bond acceptors (Lipinski definition) is 2. The predicted molar refractivity (Wildman–Crippen MR) is 90.4 cm³/mol. The van der Waals surface area contributed by atoms with Crippen molar-refractivity contribution in [3.8, 4) is 5.69 Å². The maximum atomic E-state index is 12.5. The van der Waals surface area contributed by atoms with E-state index in [9.17, 15) is 4.79 Å². The second kappa shape index (κ2) is 6.15. The van der Waals surface area contributed by atoms with Crippen LogP contribution in [0, 0.1) is 0 Å². The molecule has 110 valence electrons. The Morgan fingerprint density at radius 2 is 1.77 bits per heavy atom. The van der Waals surface area contributed by atoms with Gasteiger partial charge in [-0.3, -0.25) is 4.79 Å². The van der Waals surface area contributed by atoms with Gasteiger partial charge in [-0.2, -0.15) is 0 Å². The molecule has 22 heavy (non-hydrogen) atoms. The van der Waals surface area contributed by atoms with Gasteiger partial charge in [0.15, 0.2) is 0 Å². The molecule has 0 fully saturated rings. The standard InChI is InChI=1S/C17H14BrN3O/c1-20(14-5-3-2-4-6-14)17(22)16-11-21(12-19-16)15-9-7-13(18)8-10-15/h2-12H,1H3. The predicted octanol–water partition coefficient (Wildman–Crippen LogP) is 3.91. The zero-order chi connectivity index (χ0) is 15.5. The number of imidazole rings is 1. The van der Waals surface area contributed by atoms with E-state index in [4.69, 9.17) is 0 Å². The number of para-hydroxylation sites is 1. The molecule has 3 rings (SSSR count). The minimum atomic E-state index is -0.137. The largest absolute Gasteiger partial charge is 0.310 e. The zero-order valence-electron chi connectivity index (χ0n) is 12.0. The molecule has 5 heteroatoms. The molecule has 0 saturated carbocycles. The van der Waals surface area contributed by atoms with Crippen molar-refractivity contribution in [2.24, 2.45) is 0 Å². The van der Waals surface area contributed by atoms with E-state index in [0.717, 1.165) is 15.8 Å². The molecule has 0 aliphatic rings. The molecule has 0 spiro atoms. The SMILES string of the molecule is CN(C(=O)c1cn(-c2ccc(Br)cc2)cn1)c1ccccc1. The average molecular weight is 356 g/mol. The quantitative estimate of drug-likeness (QED) is 0.714. The van der Waals surface area contributed by atoms with E-state index in [2.05, 4.69) is 20.9 Å². The number of anilines is 1. The van der Waals surface area contributed by atoms with Crippen molar-refractivity contribution in [2.45, 2.75) is 0 Å². The summed E-state index contributed by atoms with van der Waals surface area (Å²) in [7, 11) is 1.75. The van der Waals surface area contributed by atoms with Crippen molar-refractivity contribution in [3.05, 3.63) is 77.3 Å². The molecule has 0 atom stereocenters. The summed E-state index contributed by atoms with van der Waals surface area (Å²) in [4.78, 5) is 18.3. The van der Waals surface area contributed by atoms with Crippen LogP contribution in [0.3, 0.4) is 0 Å². The summed E-state index contributed by atoms with van der Waals surface area (Å²) in [5.74, 6) is -0.137. The second-order valence-electron chi connectivity index (χ2n) is 4.84. The van der Waals surface area contributed by atoms with Gasteiger partial charge in [-0.25, -0.2) is 4.98 Å². The lowest BCUT2D eigenvalue weighted by molar-refractivity contribution is 0.0988. The van der Waals surface area contributed by atoms with Crippen LogP contribution < -0.4 is 4.90 Å². The summed E-state index contributed by atoms with van der Waals surface area (Å²) < 4.78 is 2.84. The first-order valence-electron chi connectivity index (χ1n) is 6.78. The fourth-order valence-corrected chi connectivity index (χ4v) is 2.39. The van der Waals surface area contributed by atoms with Crippen molar-refractivity contribution in [3.63, 3.8) is 0 Å². The Labute approximate surface area is 137 Å². The highest BCUT2D eigenvalue weighted by Gasteiger charge is 2.16. The summed E-state index contributed by atoms with van der Waals surface area (Å²) in [6.07, 6.45) is 3.39. The van der Waals surface area contributed by atoms with E-state index >= 15 is 0 Å². The normalized spacial score (nSPS) is 10.5. The molecule has 0 aliphatic carbocycles. The van der Waals surface area contributed by atoms with Gasteiger partial charge in [0.2, 0.25) is 0 Å². The summed E-state index contributed by atoms with van der Waals surface area (Å²) in [5, 5.41) is 0. The summed E-state index contributed by atoms with van der Waals surface area (Å²) >= 11 is 3.41. The van der Waals surface area contributed by atoms with Crippen LogP contribution in [-0.4, -0.2) is 22.5 Å². The molecule has 1 aromatic heterocycles. The Bertz CT molecular complexity index is 781. The van der Waals surface area contributed by atoms with Gasteiger partial charge >= 0.3 is 0 Å². The van der Waals surface area contributed by atoms with E-state index in [1.807, 2.05) is 59.2 Å². The lowest BCUT2D eigenvalue weighted by Crippen LogP contribution is -2.26. The summed E-state index contributed by atoms with van der Waals surface area (Å²) in [5.41, 5.74) is 2.21. The smallest absolute Gasteiger partial charge is 0.278 e. The van der Waals surface area contributed by atoms with E-state index in [-0.39, 0.29) is 5.91 Å². The Kier molecular flexibility index (Phi) is 4.06. The molecule has 0 N–H and O–H groups in total. The lowest BCUT2D eigenvalue weighted by atomic mass is 10.3. The minimum absolute atomic E-state index is 0.137. The van der Waals surface area contributed by atoms with Crippen LogP contribution in [0.4, 0.5) is 5.69 Å². The fraction of sp³-hybridized carbons (Fsp3) is 0.0588. The van der Waals surface area contributed by atoms with Gasteiger partial charge in [0.05, 0.1) is 0 Å². The highest BCUT2D eigenvalue weighted by atomic mass is 79.9. The highest BCUT2D eigenvalue weighted by Crippen LogP contribution is 2.17. The molecule has 4 nitrogen and oxygen atoms in total. The van der Waals surface area contributed by atoms with Crippen molar-refractivity contribution < 1.29 is 4.79 Å². The molecule has 0 unspecified atom stereocenters. The van der Waals surface area contributed by atoms with E-state index < -0.39 is 0 Å². The molecular formula is C17H14BrN3O. The second-order valence-corrected chi connectivity index (χ2v) is 5.76. The van der Waals surface area contributed by atoms with E-state index in [0.29, 0.717) is 5.69 Å². The number of benzene rings is 2. The van der Waals surface area contributed by atoms with Crippen LogP contribution >= 0.6 is 15.9 Å². The van der Waals surface area contributed by atoms with Gasteiger partial charge in [-0.15, -0.1) is 0 Å². The van der Waals surface area contributed by atoms with Crippen LogP contribution in [-0.2, 0) is 0 Å². The summed E-state index contributed by atoms with van der Waals surface area (Å²) in [6.45, 7) is 0. The van der Waals surface area contributed by atoms with Crippen molar-refractivity contribution >= 4 is 27.5 Å². The van der Waals surface area contributed by atoms with Gasteiger partial charge in [0.25, 0.3) is 5.91 Å². The molecule has 1 amide bonds. The lowest BCUT2D eigenvalue weighted by Gasteiger charge is -2.15. The van der Waals surface area contributed by atoms with Crippen LogP contribution in [0.5, 0.6) is 0 Å². The Hall–Kier alpha value is -2.40. The molecule has 2 aromatic carbocycles. The third kappa shape index (κ3) is 2.94. The minimum Gasteiger partial charge on any atom is -0.310 e. The van der Waals surface area contributed by atoms with E-state index in [1.54, 1.807) is 24.5 Å². The number of carbonyl (C=O) groups excluding carboxylic acids is 1. The molecule has 0 saturated heterocycles. The molecule has 0 aliphatic heterocycles. The number of rotatable bonds is 3. The molecule has 0 bridgehead atoms. The number of hydrogen-bond donors (Lipinski definition) is 0. The first-order valence-corrected chi connectivity index (χ1v) is 7.57. The Morgan fingerprint density at radius 1 is 1.09 bits per heavy atom. The maximum Gasteiger partial charge on any atom is 0.278 e. The summed E-state index contributed by atoms with van der Waals surface area (Å²) in [6, 6.07) is 17.3. The third-order valence-electron chi connectivity index (χ3n) is 3.37. The average Bonchev–Trinajstić information content (AvgIpc) is 3.05. The Morgan fingerprint density at radius 3 is 2.45 bits per heavy atom. The Balaban J connectivity index is 1.84. The van der Waals surface area contributed by atoms with Gasteiger partial charge in [-0.1, -0.05) is 34.1 Å².